The molecule has 0 unspecified atom stereocenters. The van der Waals surface area contributed by atoms with Crippen molar-refractivity contribution in [1.82, 2.24) is 10.3 Å². The molecule has 3 rings (SSSR count). The molecule has 2 saturated carbocycles. The van der Waals surface area contributed by atoms with Crippen molar-refractivity contribution in [2.45, 2.75) is 64.5 Å². The Balaban J connectivity index is 1.49. The molecule has 22 heavy (non-hydrogen) atoms. The molecule has 0 bridgehead atoms. The van der Waals surface area contributed by atoms with Crippen LogP contribution >= 0.6 is 11.3 Å². The van der Waals surface area contributed by atoms with Crippen LogP contribution in [-0.2, 0) is 9.53 Å². The second kappa shape index (κ2) is 7.09. The average molecular weight is 322 g/mol. The third-order valence-corrected chi connectivity index (χ3v) is 5.70. The zero-order valence-corrected chi connectivity index (χ0v) is 14.3. The van der Waals surface area contributed by atoms with Crippen LogP contribution < -0.4 is 5.32 Å². The summed E-state index contributed by atoms with van der Waals surface area (Å²) < 4.78 is 5.83. The van der Waals surface area contributed by atoms with Gasteiger partial charge in [-0.25, -0.2) is 4.98 Å². The lowest BCUT2D eigenvalue weighted by molar-refractivity contribution is -0.129. The molecule has 2 fully saturated rings. The Morgan fingerprint density at radius 2 is 2.27 bits per heavy atom. The van der Waals surface area contributed by atoms with Gasteiger partial charge in [0.05, 0.1) is 12.1 Å². The van der Waals surface area contributed by atoms with Gasteiger partial charge in [0.15, 0.2) is 0 Å². The molecule has 1 heterocycles. The first-order valence-corrected chi connectivity index (χ1v) is 9.32. The third kappa shape index (κ3) is 4.29. The highest BCUT2D eigenvalue weighted by Crippen LogP contribution is 2.41. The first-order chi connectivity index (χ1) is 10.6. The molecule has 122 valence electrons. The number of aromatic nitrogens is 1. The van der Waals surface area contributed by atoms with Crippen molar-refractivity contribution in [2.75, 3.05) is 6.61 Å². The van der Waals surface area contributed by atoms with Gasteiger partial charge >= 0.3 is 0 Å². The van der Waals surface area contributed by atoms with Crippen LogP contribution in [0.4, 0.5) is 0 Å². The van der Waals surface area contributed by atoms with Crippen molar-refractivity contribution < 1.29 is 9.53 Å². The number of ether oxygens (including phenoxy) is 1. The van der Waals surface area contributed by atoms with E-state index in [1.54, 1.807) is 11.3 Å². The van der Waals surface area contributed by atoms with Crippen LogP contribution in [0.1, 0.15) is 62.2 Å². The molecule has 1 N–H and O–H groups in total. The fraction of sp³-hybridized carbons (Fsp3) is 0.765. The number of aryl methyl sites for hydroxylation is 1. The summed E-state index contributed by atoms with van der Waals surface area (Å²) in [6, 6.07) is 0.0834. The summed E-state index contributed by atoms with van der Waals surface area (Å²) in [6.45, 7) is 4.45. The Morgan fingerprint density at radius 1 is 1.45 bits per heavy atom. The van der Waals surface area contributed by atoms with E-state index in [4.69, 9.17) is 4.74 Å². The number of carbonyl (C=O) groups is 1. The van der Waals surface area contributed by atoms with Crippen LogP contribution in [0.5, 0.6) is 0 Å². The molecule has 1 aromatic heterocycles. The van der Waals surface area contributed by atoms with E-state index in [2.05, 4.69) is 22.6 Å². The number of amides is 1. The number of rotatable bonds is 6. The number of nitrogens with one attached hydrogen (secondary N) is 1. The summed E-state index contributed by atoms with van der Waals surface area (Å²) in [5.74, 6) is 1.28. The summed E-state index contributed by atoms with van der Waals surface area (Å²) in [7, 11) is 0. The summed E-state index contributed by atoms with van der Waals surface area (Å²) in [5.41, 5.74) is 1.03. The van der Waals surface area contributed by atoms with Crippen LogP contribution in [0.15, 0.2) is 5.38 Å². The summed E-state index contributed by atoms with van der Waals surface area (Å²) in [5, 5.41) is 6.24. The second-order valence-electron chi connectivity index (χ2n) is 6.91. The SMILES string of the molecule is Cc1csc([C@H](NC(=O)CO[C@@H]2CCC[C@H](C)C2)C2CC2)n1. The van der Waals surface area contributed by atoms with Gasteiger partial charge in [0.1, 0.15) is 11.6 Å². The van der Waals surface area contributed by atoms with Gasteiger partial charge in [-0.15, -0.1) is 11.3 Å². The molecule has 5 heteroatoms. The Labute approximate surface area is 136 Å². The van der Waals surface area contributed by atoms with Crippen molar-refractivity contribution in [3.05, 3.63) is 16.1 Å². The largest absolute Gasteiger partial charge is 0.368 e. The summed E-state index contributed by atoms with van der Waals surface area (Å²) in [4.78, 5) is 16.8. The normalized spacial score (nSPS) is 26.6. The van der Waals surface area contributed by atoms with Crippen LogP contribution in [0.2, 0.25) is 0 Å². The van der Waals surface area contributed by atoms with Gasteiger partial charge in [0, 0.05) is 11.1 Å². The maximum atomic E-state index is 12.2. The number of nitrogens with zero attached hydrogens (tertiary/aromatic N) is 1. The molecule has 1 aromatic rings. The Morgan fingerprint density at radius 3 is 2.91 bits per heavy atom. The number of hydrogen-bond donors (Lipinski definition) is 1. The minimum Gasteiger partial charge on any atom is -0.368 e. The molecule has 0 spiro atoms. The monoisotopic (exact) mass is 322 g/mol. The lowest BCUT2D eigenvalue weighted by Crippen LogP contribution is -2.34. The molecule has 4 nitrogen and oxygen atoms in total. The van der Waals surface area contributed by atoms with Crippen molar-refractivity contribution >= 4 is 17.2 Å². The minimum atomic E-state index is 0.00276. The van der Waals surface area contributed by atoms with E-state index in [0.717, 1.165) is 29.5 Å². The van der Waals surface area contributed by atoms with Crippen LogP contribution in [-0.4, -0.2) is 23.6 Å². The fourth-order valence-corrected chi connectivity index (χ4v) is 4.20. The van der Waals surface area contributed by atoms with Crippen molar-refractivity contribution in [2.24, 2.45) is 11.8 Å². The zero-order valence-electron chi connectivity index (χ0n) is 13.5. The van der Waals surface area contributed by atoms with Gasteiger partial charge in [-0.3, -0.25) is 4.79 Å². The standard InChI is InChI=1S/C17H26N2O2S/c1-11-4-3-5-14(8-11)21-9-15(20)19-16(13-6-7-13)17-18-12(2)10-22-17/h10-11,13-14,16H,3-9H2,1-2H3,(H,19,20)/t11-,14+,16+/m0/s1. The first-order valence-electron chi connectivity index (χ1n) is 8.45. The third-order valence-electron chi connectivity index (χ3n) is 4.65. The average Bonchev–Trinajstić information content (AvgIpc) is 3.24. The second-order valence-corrected chi connectivity index (χ2v) is 7.80. The van der Waals surface area contributed by atoms with E-state index in [9.17, 15) is 4.79 Å². The topological polar surface area (TPSA) is 51.2 Å². The maximum absolute atomic E-state index is 12.2. The van der Waals surface area contributed by atoms with Gasteiger partial charge in [0.2, 0.25) is 5.91 Å². The fourth-order valence-electron chi connectivity index (χ4n) is 3.26. The molecule has 0 radical (unpaired) electrons. The molecule has 0 saturated heterocycles. The van der Waals surface area contributed by atoms with Crippen molar-refractivity contribution in [3.63, 3.8) is 0 Å². The van der Waals surface area contributed by atoms with E-state index in [1.807, 2.05) is 6.92 Å². The van der Waals surface area contributed by atoms with Crippen molar-refractivity contribution in [3.8, 4) is 0 Å². The molecule has 3 atom stereocenters. The summed E-state index contributed by atoms with van der Waals surface area (Å²) >= 11 is 1.65. The molecular weight excluding hydrogens is 296 g/mol. The van der Waals surface area contributed by atoms with Crippen LogP contribution in [0.3, 0.4) is 0 Å². The predicted octanol–water partition coefficient (Wildman–Crippen LogP) is 3.61. The zero-order chi connectivity index (χ0) is 15.5. The Kier molecular flexibility index (Phi) is 5.14. The summed E-state index contributed by atoms with van der Waals surface area (Å²) in [6.07, 6.45) is 7.32. The molecule has 0 aliphatic heterocycles. The number of thiazole rings is 1. The highest BCUT2D eigenvalue weighted by atomic mass is 32.1. The maximum Gasteiger partial charge on any atom is 0.246 e. The van der Waals surface area contributed by atoms with Gasteiger partial charge < -0.3 is 10.1 Å². The van der Waals surface area contributed by atoms with Crippen LogP contribution in [0.25, 0.3) is 0 Å². The van der Waals surface area contributed by atoms with E-state index >= 15 is 0 Å². The predicted molar refractivity (Wildman–Crippen MR) is 87.8 cm³/mol. The van der Waals surface area contributed by atoms with E-state index in [1.165, 1.54) is 25.7 Å². The van der Waals surface area contributed by atoms with Crippen molar-refractivity contribution in [1.29, 1.82) is 0 Å². The molecule has 0 aromatic carbocycles. The first kappa shape index (κ1) is 15.9. The Hall–Kier alpha value is -0.940. The van der Waals surface area contributed by atoms with E-state index in [-0.39, 0.29) is 24.7 Å². The van der Waals surface area contributed by atoms with Gasteiger partial charge in [-0.2, -0.15) is 0 Å². The van der Waals surface area contributed by atoms with Gasteiger partial charge in [0.25, 0.3) is 0 Å². The quantitative estimate of drug-likeness (QED) is 0.870. The van der Waals surface area contributed by atoms with E-state index < -0.39 is 0 Å². The lowest BCUT2D eigenvalue weighted by Gasteiger charge is -2.26. The molecule has 2 aliphatic carbocycles. The van der Waals surface area contributed by atoms with Crippen LogP contribution in [0, 0.1) is 18.8 Å². The number of hydrogen-bond acceptors (Lipinski definition) is 4. The van der Waals surface area contributed by atoms with Gasteiger partial charge in [-0.05, 0) is 44.4 Å². The molecule has 1 amide bonds. The highest BCUT2D eigenvalue weighted by Gasteiger charge is 2.35. The molecule has 2 aliphatic rings. The lowest BCUT2D eigenvalue weighted by atomic mass is 9.89. The smallest absolute Gasteiger partial charge is 0.246 e. The Bertz CT molecular complexity index is 513. The van der Waals surface area contributed by atoms with Gasteiger partial charge in [-0.1, -0.05) is 19.8 Å². The van der Waals surface area contributed by atoms with E-state index in [0.29, 0.717) is 5.92 Å². The number of carbonyl (C=O) groups excluding carboxylic acids is 1. The molecular formula is C17H26N2O2S. The highest BCUT2D eigenvalue weighted by molar-refractivity contribution is 7.09. The minimum absolute atomic E-state index is 0.00276.